The molecule has 0 spiro atoms. The van der Waals surface area contributed by atoms with Crippen molar-refractivity contribution in [1.82, 2.24) is 10.6 Å². The molecule has 1 fully saturated rings. The van der Waals surface area contributed by atoms with Crippen molar-refractivity contribution in [2.24, 2.45) is 5.92 Å². The molecule has 1 saturated carbocycles. The fourth-order valence-corrected chi connectivity index (χ4v) is 2.93. The Morgan fingerprint density at radius 3 is 2.43 bits per heavy atom. The van der Waals surface area contributed by atoms with E-state index in [1.54, 1.807) is 0 Å². The van der Waals surface area contributed by atoms with Crippen LogP contribution in [0, 0.1) is 5.92 Å². The van der Waals surface area contributed by atoms with Gasteiger partial charge in [-0.1, -0.05) is 31.9 Å². The van der Waals surface area contributed by atoms with E-state index in [1.165, 1.54) is 18.6 Å². The van der Waals surface area contributed by atoms with Crippen molar-refractivity contribution in [2.75, 3.05) is 6.54 Å². The molecule has 128 valence electrons. The summed E-state index contributed by atoms with van der Waals surface area (Å²) >= 11 is 0. The predicted octanol–water partition coefficient (Wildman–Crippen LogP) is 4.13. The van der Waals surface area contributed by atoms with Crippen LogP contribution in [0.3, 0.4) is 0 Å². The van der Waals surface area contributed by atoms with Gasteiger partial charge in [0.2, 0.25) is 0 Å². The molecular formula is C17H23F3N2O. The molecule has 1 aromatic rings. The number of halogens is 3. The molecule has 0 saturated heterocycles. The monoisotopic (exact) mass is 328 g/mol. The predicted molar refractivity (Wildman–Crippen MR) is 83.1 cm³/mol. The number of nitrogens with one attached hydrogen (secondary N) is 2. The van der Waals surface area contributed by atoms with E-state index in [2.05, 4.69) is 17.6 Å². The van der Waals surface area contributed by atoms with E-state index in [-0.39, 0.29) is 12.1 Å². The van der Waals surface area contributed by atoms with Gasteiger partial charge in [0.15, 0.2) is 0 Å². The van der Waals surface area contributed by atoms with Crippen LogP contribution < -0.4 is 10.6 Å². The maximum Gasteiger partial charge on any atom is 0.416 e. The number of hydrogen-bond donors (Lipinski definition) is 2. The van der Waals surface area contributed by atoms with Gasteiger partial charge in [-0.3, -0.25) is 0 Å². The highest BCUT2D eigenvalue weighted by Gasteiger charge is 2.29. The van der Waals surface area contributed by atoms with Crippen molar-refractivity contribution >= 4 is 6.03 Å². The Kier molecular flexibility index (Phi) is 5.91. The van der Waals surface area contributed by atoms with E-state index in [0.29, 0.717) is 18.9 Å². The Labute approximate surface area is 134 Å². The molecule has 1 aliphatic rings. The third-order valence-corrected chi connectivity index (χ3v) is 4.41. The van der Waals surface area contributed by atoms with Crippen LogP contribution in [-0.2, 0) is 12.6 Å². The summed E-state index contributed by atoms with van der Waals surface area (Å²) in [5.41, 5.74) is 0.113. The van der Waals surface area contributed by atoms with E-state index >= 15 is 0 Å². The number of urea groups is 1. The van der Waals surface area contributed by atoms with Crippen molar-refractivity contribution in [3.05, 3.63) is 35.4 Å². The lowest BCUT2D eigenvalue weighted by Crippen LogP contribution is -2.46. The number of hydrogen-bond acceptors (Lipinski definition) is 1. The number of carbonyl (C=O) groups excluding carboxylic acids is 1. The van der Waals surface area contributed by atoms with Crippen LogP contribution in [0.4, 0.5) is 18.0 Å². The van der Waals surface area contributed by atoms with Crippen LogP contribution >= 0.6 is 0 Å². The second-order valence-electron chi connectivity index (χ2n) is 6.21. The molecule has 0 unspecified atom stereocenters. The first kappa shape index (κ1) is 17.6. The number of carbonyl (C=O) groups is 1. The van der Waals surface area contributed by atoms with Crippen LogP contribution in [0.15, 0.2) is 24.3 Å². The van der Waals surface area contributed by atoms with Gasteiger partial charge in [0.05, 0.1) is 5.56 Å². The topological polar surface area (TPSA) is 41.1 Å². The Morgan fingerprint density at radius 1 is 1.17 bits per heavy atom. The van der Waals surface area contributed by atoms with E-state index in [0.717, 1.165) is 37.0 Å². The highest BCUT2D eigenvalue weighted by Crippen LogP contribution is 2.29. The number of benzene rings is 1. The lowest BCUT2D eigenvalue weighted by atomic mass is 9.86. The summed E-state index contributed by atoms with van der Waals surface area (Å²) < 4.78 is 37.4. The van der Waals surface area contributed by atoms with Crippen LogP contribution in [0.1, 0.15) is 43.7 Å². The number of alkyl halides is 3. The molecule has 0 aromatic heterocycles. The van der Waals surface area contributed by atoms with Gasteiger partial charge in [-0.05, 0) is 42.9 Å². The summed E-state index contributed by atoms with van der Waals surface area (Å²) in [7, 11) is 0. The van der Waals surface area contributed by atoms with Crippen LogP contribution in [0.25, 0.3) is 0 Å². The molecule has 2 amide bonds. The normalized spacial score (nSPS) is 21.7. The number of rotatable bonds is 4. The molecule has 1 aromatic carbocycles. The second kappa shape index (κ2) is 7.70. The van der Waals surface area contributed by atoms with Gasteiger partial charge in [-0.2, -0.15) is 13.2 Å². The Hall–Kier alpha value is -1.72. The molecule has 6 heteroatoms. The summed E-state index contributed by atoms with van der Waals surface area (Å²) in [4.78, 5) is 11.9. The molecule has 23 heavy (non-hydrogen) atoms. The van der Waals surface area contributed by atoms with Gasteiger partial charge in [-0.15, -0.1) is 0 Å². The second-order valence-corrected chi connectivity index (χ2v) is 6.21. The van der Waals surface area contributed by atoms with Crippen molar-refractivity contribution in [1.29, 1.82) is 0 Å². The molecular weight excluding hydrogens is 305 g/mol. The first-order chi connectivity index (χ1) is 10.9. The lowest BCUT2D eigenvalue weighted by Gasteiger charge is -2.29. The lowest BCUT2D eigenvalue weighted by molar-refractivity contribution is -0.137. The SMILES string of the molecule is C[C@@H]1CCCC[C@@H]1NC(=O)NCCc1ccc(C(F)(F)F)cc1. The van der Waals surface area contributed by atoms with Gasteiger partial charge in [-0.25, -0.2) is 4.79 Å². The highest BCUT2D eigenvalue weighted by molar-refractivity contribution is 5.74. The molecule has 0 heterocycles. The van der Waals surface area contributed by atoms with Crippen LogP contribution in [0.5, 0.6) is 0 Å². The largest absolute Gasteiger partial charge is 0.416 e. The zero-order valence-electron chi connectivity index (χ0n) is 13.2. The first-order valence-corrected chi connectivity index (χ1v) is 8.07. The van der Waals surface area contributed by atoms with Crippen molar-refractivity contribution < 1.29 is 18.0 Å². The minimum atomic E-state index is -4.31. The van der Waals surface area contributed by atoms with Crippen LogP contribution in [-0.4, -0.2) is 18.6 Å². The number of amides is 2. The quantitative estimate of drug-likeness (QED) is 0.857. The Morgan fingerprint density at radius 2 is 1.83 bits per heavy atom. The van der Waals surface area contributed by atoms with E-state index in [4.69, 9.17) is 0 Å². The fourth-order valence-electron chi connectivity index (χ4n) is 2.93. The Balaban J connectivity index is 1.73. The molecule has 3 nitrogen and oxygen atoms in total. The van der Waals surface area contributed by atoms with Gasteiger partial charge < -0.3 is 10.6 Å². The molecule has 0 bridgehead atoms. The van der Waals surface area contributed by atoms with Crippen molar-refractivity contribution in [3.63, 3.8) is 0 Å². The molecule has 2 rings (SSSR count). The minimum absolute atomic E-state index is 0.198. The maximum atomic E-state index is 12.5. The van der Waals surface area contributed by atoms with Crippen molar-refractivity contribution in [3.8, 4) is 0 Å². The van der Waals surface area contributed by atoms with Crippen molar-refractivity contribution in [2.45, 2.75) is 51.2 Å². The van der Waals surface area contributed by atoms with Crippen LogP contribution in [0.2, 0.25) is 0 Å². The summed E-state index contributed by atoms with van der Waals surface area (Å²) in [6.07, 6.45) is 0.693. The smallest absolute Gasteiger partial charge is 0.338 e. The maximum absolute atomic E-state index is 12.5. The standard InChI is InChI=1S/C17H23F3N2O/c1-12-4-2-3-5-15(12)22-16(23)21-11-10-13-6-8-14(9-7-13)17(18,19)20/h6-9,12,15H,2-5,10-11H2,1H3,(H2,21,22,23)/t12-,15+/m1/s1. The Bertz CT molecular complexity index is 514. The summed E-state index contributed by atoms with van der Waals surface area (Å²) in [6, 6.07) is 5.06. The van der Waals surface area contributed by atoms with E-state index in [9.17, 15) is 18.0 Å². The van der Waals surface area contributed by atoms with Gasteiger partial charge in [0.1, 0.15) is 0 Å². The molecule has 0 aliphatic heterocycles. The zero-order valence-corrected chi connectivity index (χ0v) is 13.2. The molecule has 2 N–H and O–H groups in total. The fraction of sp³-hybridized carbons (Fsp3) is 0.588. The average molecular weight is 328 g/mol. The zero-order chi connectivity index (χ0) is 16.9. The van der Waals surface area contributed by atoms with Gasteiger partial charge >= 0.3 is 12.2 Å². The summed E-state index contributed by atoms with van der Waals surface area (Å²) in [5.74, 6) is 0.490. The highest BCUT2D eigenvalue weighted by atomic mass is 19.4. The van der Waals surface area contributed by atoms with Gasteiger partial charge in [0.25, 0.3) is 0 Å². The average Bonchev–Trinajstić information content (AvgIpc) is 2.49. The third kappa shape index (κ3) is 5.44. The van der Waals surface area contributed by atoms with E-state index < -0.39 is 11.7 Å². The molecule has 2 atom stereocenters. The van der Waals surface area contributed by atoms with Gasteiger partial charge in [0, 0.05) is 12.6 Å². The minimum Gasteiger partial charge on any atom is -0.338 e. The first-order valence-electron chi connectivity index (χ1n) is 8.07. The van der Waals surface area contributed by atoms with E-state index in [1.807, 2.05) is 0 Å². The molecule has 0 radical (unpaired) electrons. The summed E-state index contributed by atoms with van der Waals surface area (Å²) in [5, 5.41) is 5.76. The molecule has 1 aliphatic carbocycles. The summed E-state index contributed by atoms with van der Waals surface area (Å²) in [6.45, 7) is 2.55. The third-order valence-electron chi connectivity index (χ3n) is 4.41.